The quantitative estimate of drug-likeness (QED) is 0.696. The van der Waals surface area contributed by atoms with Gasteiger partial charge in [0.25, 0.3) is 5.24 Å². The first-order valence-corrected chi connectivity index (χ1v) is 4.61. The molecule has 1 N–H and O–H groups in total. The zero-order valence-electron chi connectivity index (χ0n) is 5.91. The molecule has 1 amide bonds. The van der Waals surface area contributed by atoms with Gasteiger partial charge in [0.1, 0.15) is 0 Å². The van der Waals surface area contributed by atoms with Gasteiger partial charge in [-0.05, 0) is 17.9 Å². The fraction of sp³-hybridized carbons (Fsp3) is 0.286. The number of hydrogen-bond donors (Lipinski definition) is 2. The van der Waals surface area contributed by atoms with Gasteiger partial charge < -0.3 is 5.32 Å². The molecule has 1 heterocycles. The van der Waals surface area contributed by atoms with Gasteiger partial charge in [0, 0.05) is 11.4 Å². The lowest BCUT2D eigenvalue weighted by Crippen LogP contribution is -2.18. The predicted octanol–water partition coefficient (Wildman–Crippen LogP) is 1.93. The molecule has 0 aliphatic rings. The second-order valence-electron chi connectivity index (χ2n) is 2.06. The molecule has 2 nitrogen and oxygen atoms in total. The molecular formula is C7H9NOS2. The Bertz CT molecular complexity index is 220. The van der Waals surface area contributed by atoms with Gasteiger partial charge in [-0.25, -0.2) is 0 Å². The van der Waals surface area contributed by atoms with Crippen LogP contribution in [0.3, 0.4) is 0 Å². The van der Waals surface area contributed by atoms with Crippen LogP contribution in [0.4, 0.5) is 4.79 Å². The Morgan fingerprint density at radius 2 is 2.55 bits per heavy atom. The highest BCUT2D eigenvalue weighted by Crippen LogP contribution is 2.07. The molecule has 1 aromatic heterocycles. The van der Waals surface area contributed by atoms with E-state index in [9.17, 15) is 4.79 Å². The minimum atomic E-state index is -0.262. The van der Waals surface area contributed by atoms with Crippen molar-refractivity contribution in [1.82, 2.24) is 5.32 Å². The van der Waals surface area contributed by atoms with E-state index < -0.39 is 0 Å². The van der Waals surface area contributed by atoms with Crippen molar-refractivity contribution < 1.29 is 4.79 Å². The number of rotatable bonds is 3. The lowest BCUT2D eigenvalue weighted by Gasteiger charge is -1.97. The van der Waals surface area contributed by atoms with E-state index in [-0.39, 0.29) is 5.24 Å². The Kier molecular flexibility index (Phi) is 3.45. The maximum absolute atomic E-state index is 10.3. The third kappa shape index (κ3) is 3.43. The van der Waals surface area contributed by atoms with Gasteiger partial charge in [-0.1, -0.05) is 18.7 Å². The number of nitrogens with one attached hydrogen (secondary N) is 1. The number of amides is 1. The minimum Gasteiger partial charge on any atom is -0.347 e. The molecule has 1 rings (SSSR count). The molecule has 0 aromatic carbocycles. The van der Waals surface area contributed by atoms with Crippen molar-refractivity contribution in [3.63, 3.8) is 0 Å². The average molecular weight is 187 g/mol. The highest BCUT2D eigenvalue weighted by atomic mass is 32.1. The van der Waals surface area contributed by atoms with Gasteiger partial charge >= 0.3 is 0 Å². The van der Waals surface area contributed by atoms with Crippen LogP contribution < -0.4 is 5.32 Å². The maximum Gasteiger partial charge on any atom is 0.275 e. The van der Waals surface area contributed by atoms with Crippen LogP contribution in [0.1, 0.15) is 4.88 Å². The van der Waals surface area contributed by atoms with Gasteiger partial charge in [-0.2, -0.15) is 0 Å². The Morgan fingerprint density at radius 3 is 3.09 bits per heavy atom. The molecule has 0 bridgehead atoms. The Hall–Kier alpha value is -0.480. The summed E-state index contributed by atoms with van der Waals surface area (Å²) in [5, 5.41) is 4.38. The molecule has 11 heavy (non-hydrogen) atoms. The highest BCUT2D eigenvalue weighted by molar-refractivity contribution is 7.96. The lowest BCUT2D eigenvalue weighted by atomic mass is 10.3. The third-order valence-corrected chi connectivity index (χ3v) is 2.32. The molecule has 4 heteroatoms. The average Bonchev–Trinajstić information content (AvgIpc) is 2.39. The van der Waals surface area contributed by atoms with E-state index in [4.69, 9.17) is 0 Å². The van der Waals surface area contributed by atoms with Crippen molar-refractivity contribution >= 4 is 29.2 Å². The number of thiophene rings is 1. The van der Waals surface area contributed by atoms with Gasteiger partial charge in [-0.15, -0.1) is 11.3 Å². The van der Waals surface area contributed by atoms with E-state index in [0.717, 1.165) is 6.42 Å². The van der Waals surface area contributed by atoms with Crippen molar-refractivity contribution in [2.45, 2.75) is 6.42 Å². The fourth-order valence-electron chi connectivity index (χ4n) is 0.747. The summed E-state index contributed by atoms with van der Waals surface area (Å²) < 4.78 is 0. The van der Waals surface area contributed by atoms with Gasteiger partial charge in [0.05, 0.1) is 0 Å². The van der Waals surface area contributed by atoms with Gasteiger partial charge in [0.15, 0.2) is 0 Å². The Labute approximate surface area is 75.0 Å². The summed E-state index contributed by atoms with van der Waals surface area (Å²) in [5.74, 6) is 0. The van der Waals surface area contributed by atoms with Crippen LogP contribution in [0, 0.1) is 0 Å². The van der Waals surface area contributed by atoms with E-state index in [1.54, 1.807) is 11.3 Å². The summed E-state index contributed by atoms with van der Waals surface area (Å²) in [6.45, 7) is 0.669. The molecule has 0 unspecified atom stereocenters. The van der Waals surface area contributed by atoms with Crippen LogP contribution in [0.2, 0.25) is 0 Å². The van der Waals surface area contributed by atoms with Crippen LogP contribution in [0.15, 0.2) is 17.5 Å². The molecule has 0 spiro atoms. The topological polar surface area (TPSA) is 29.1 Å². The first kappa shape index (κ1) is 8.62. The summed E-state index contributed by atoms with van der Waals surface area (Å²) >= 11 is 5.28. The summed E-state index contributed by atoms with van der Waals surface area (Å²) in [6, 6.07) is 4.05. The molecular weight excluding hydrogens is 178 g/mol. The Morgan fingerprint density at radius 1 is 1.73 bits per heavy atom. The lowest BCUT2D eigenvalue weighted by molar-refractivity contribution is 0.261. The summed E-state index contributed by atoms with van der Waals surface area (Å²) in [5.41, 5.74) is 0. The maximum atomic E-state index is 10.3. The summed E-state index contributed by atoms with van der Waals surface area (Å²) in [6.07, 6.45) is 0.893. The van der Waals surface area contributed by atoms with Crippen LogP contribution in [-0.2, 0) is 6.42 Å². The smallest absolute Gasteiger partial charge is 0.275 e. The molecule has 0 radical (unpaired) electrons. The molecule has 0 aliphatic carbocycles. The zero-order chi connectivity index (χ0) is 8.10. The van der Waals surface area contributed by atoms with E-state index in [2.05, 4.69) is 24.0 Å². The summed E-state index contributed by atoms with van der Waals surface area (Å²) in [4.78, 5) is 11.6. The molecule has 0 saturated carbocycles. The highest BCUT2D eigenvalue weighted by Gasteiger charge is 1.94. The Balaban J connectivity index is 2.19. The first-order chi connectivity index (χ1) is 5.29. The van der Waals surface area contributed by atoms with Crippen molar-refractivity contribution in [1.29, 1.82) is 0 Å². The monoisotopic (exact) mass is 187 g/mol. The van der Waals surface area contributed by atoms with Crippen molar-refractivity contribution in [2.24, 2.45) is 0 Å². The van der Waals surface area contributed by atoms with Crippen molar-refractivity contribution in [2.75, 3.05) is 6.54 Å². The molecule has 0 aliphatic heterocycles. The second-order valence-corrected chi connectivity index (χ2v) is 3.50. The zero-order valence-corrected chi connectivity index (χ0v) is 7.62. The van der Waals surface area contributed by atoms with E-state index >= 15 is 0 Å². The summed E-state index contributed by atoms with van der Waals surface area (Å²) in [7, 11) is 0. The van der Waals surface area contributed by atoms with Gasteiger partial charge in [-0.3, -0.25) is 4.79 Å². The van der Waals surface area contributed by atoms with E-state index in [0.29, 0.717) is 6.54 Å². The molecule has 0 fully saturated rings. The van der Waals surface area contributed by atoms with Crippen LogP contribution in [-0.4, -0.2) is 11.8 Å². The predicted molar refractivity (Wildman–Crippen MR) is 50.4 cm³/mol. The fourth-order valence-corrected chi connectivity index (χ4v) is 1.57. The number of thiol groups is 1. The minimum absolute atomic E-state index is 0.262. The molecule has 60 valence electrons. The van der Waals surface area contributed by atoms with Gasteiger partial charge in [0.2, 0.25) is 0 Å². The number of hydrogen-bond acceptors (Lipinski definition) is 2. The van der Waals surface area contributed by atoms with Crippen LogP contribution in [0.25, 0.3) is 0 Å². The second kappa shape index (κ2) is 4.41. The van der Waals surface area contributed by atoms with Crippen molar-refractivity contribution in [3.8, 4) is 0 Å². The van der Waals surface area contributed by atoms with Crippen molar-refractivity contribution in [3.05, 3.63) is 22.4 Å². The molecule has 1 aromatic rings. The van der Waals surface area contributed by atoms with E-state index in [1.807, 2.05) is 11.4 Å². The van der Waals surface area contributed by atoms with Crippen LogP contribution in [0.5, 0.6) is 0 Å². The SMILES string of the molecule is O=C(S)NCCc1cccs1. The number of carbonyl (C=O) groups excluding carboxylic acids is 1. The standard InChI is InChI=1S/C7H9NOS2/c9-7(10)8-4-3-6-2-1-5-11-6/h1-2,5H,3-4H2,(H2,8,9,10). The molecule has 0 saturated heterocycles. The third-order valence-electron chi connectivity index (χ3n) is 1.23. The largest absolute Gasteiger partial charge is 0.347 e. The van der Waals surface area contributed by atoms with Crippen LogP contribution >= 0.6 is 24.0 Å². The van der Waals surface area contributed by atoms with E-state index in [1.165, 1.54) is 4.88 Å². The molecule has 0 atom stereocenters. The normalized spacial score (nSPS) is 9.55. The number of carbonyl (C=O) groups is 1. The first-order valence-electron chi connectivity index (χ1n) is 3.28.